The molecule has 0 saturated carbocycles. The first kappa shape index (κ1) is 29.5. The van der Waals surface area contributed by atoms with Gasteiger partial charge in [0.05, 0.1) is 9.79 Å². The zero-order chi connectivity index (χ0) is 24.9. The monoisotopic (exact) mass is 524 g/mol. The quantitative estimate of drug-likeness (QED) is 0.273. The second-order valence-corrected chi connectivity index (χ2v) is 11.4. The molecule has 3 rings (SSSR count). The molecular weight excluding hydrogens is 497 g/mol. The molecule has 0 fully saturated rings. The maximum atomic E-state index is 11.4. The summed E-state index contributed by atoms with van der Waals surface area (Å²) >= 11 is 0. The summed E-state index contributed by atoms with van der Waals surface area (Å²) in [5.74, 6) is 0.394. The first-order valence-corrected chi connectivity index (χ1v) is 14.0. The summed E-state index contributed by atoms with van der Waals surface area (Å²) in [5.41, 5.74) is 3.07. The molecule has 35 heavy (non-hydrogen) atoms. The molecule has 0 amide bonds. The van der Waals surface area contributed by atoms with E-state index in [0.29, 0.717) is 0 Å². The minimum absolute atomic E-state index is 0. The topological polar surface area (TPSA) is 114 Å². The maximum absolute atomic E-state index is 11.4. The SMILES string of the molecule is CCC(CC(CC(C)c1ccc(S(=O)(=O)[O-])cc1)c1ccc(S(=O)(=O)[O-])cc1)c1ccccc1.[Mg+2]. The number of benzene rings is 3. The van der Waals surface area contributed by atoms with Crippen LogP contribution in [0, 0.1) is 0 Å². The van der Waals surface area contributed by atoms with Crippen molar-refractivity contribution in [2.24, 2.45) is 0 Å². The summed E-state index contributed by atoms with van der Waals surface area (Å²) < 4.78 is 67.8. The summed E-state index contributed by atoms with van der Waals surface area (Å²) in [7, 11) is -9.02. The standard InChI is InChI=1S/C26H30O6S2.Mg/c1-3-20(22-7-5-4-6-8-22)18-24(23-11-15-26(16-12-23)34(30,31)32)17-19(2)21-9-13-25(14-10-21)33(27,28)29;/h4-16,19-20,24H,3,17-18H2,1-2H3,(H,27,28,29)(H,30,31,32);/q;+2/p-2. The molecule has 3 aromatic carbocycles. The first-order valence-electron chi connectivity index (χ1n) is 11.2. The van der Waals surface area contributed by atoms with Crippen molar-refractivity contribution in [1.29, 1.82) is 0 Å². The van der Waals surface area contributed by atoms with Gasteiger partial charge >= 0.3 is 23.1 Å². The third-order valence-corrected chi connectivity index (χ3v) is 8.05. The molecule has 0 N–H and O–H groups in total. The van der Waals surface area contributed by atoms with E-state index in [1.54, 1.807) is 24.3 Å². The fraction of sp³-hybridized carbons (Fsp3) is 0.308. The van der Waals surface area contributed by atoms with Crippen LogP contribution in [0.15, 0.2) is 88.7 Å². The van der Waals surface area contributed by atoms with E-state index in [2.05, 4.69) is 19.1 Å². The fourth-order valence-electron chi connectivity index (χ4n) is 4.41. The van der Waals surface area contributed by atoms with Crippen LogP contribution in [0.3, 0.4) is 0 Å². The van der Waals surface area contributed by atoms with Gasteiger partial charge in [0.1, 0.15) is 20.2 Å². The van der Waals surface area contributed by atoms with E-state index >= 15 is 0 Å². The molecule has 3 atom stereocenters. The van der Waals surface area contributed by atoms with Gasteiger partial charge in [0.15, 0.2) is 0 Å². The molecule has 3 unspecified atom stereocenters. The number of hydrogen-bond acceptors (Lipinski definition) is 6. The van der Waals surface area contributed by atoms with Gasteiger partial charge in [-0.2, -0.15) is 0 Å². The molecular formula is C26H28MgO6S2. The minimum atomic E-state index is -4.52. The minimum Gasteiger partial charge on any atom is -0.744 e. The van der Waals surface area contributed by atoms with Crippen molar-refractivity contribution in [2.75, 3.05) is 0 Å². The molecule has 0 bridgehead atoms. The van der Waals surface area contributed by atoms with Crippen LogP contribution in [0.25, 0.3) is 0 Å². The van der Waals surface area contributed by atoms with Crippen LogP contribution in [0.5, 0.6) is 0 Å². The number of rotatable bonds is 10. The summed E-state index contributed by atoms with van der Waals surface area (Å²) in [5, 5.41) is 0. The van der Waals surface area contributed by atoms with Crippen LogP contribution < -0.4 is 0 Å². The van der Waals surface area contributed by atoms with Gasteiger partial charge in [0.2, 0.25) is 0 Å². The Bertz CT molecular complexity index is 1290. The third kappa shape index (κ3) is 8.13. The second kappa shape index (κ2) is 12.5. The van der Waals surface area contributed by atoms with Crippen molar-refractivity contribution in [3.63, 3.8) is 0 Å². The van der Waals surface area contributed by atoms with Gasteiger partial charge in [-0.05, 0) is 78.0 Å². The predicted octanol–water partition coefficient (Wildman–Crippen LogP) is 4.98. The largest absolute Gasteiger partial charge is 2.00 e. The van der Waals surface area contributed by atoms with Crippen LogP contribution in [0.2, 0.25) is 0 Å². The molecule has 0 aliphatic rings. The van der Waals surface area contributed by atoms with Gasteiger partial charge in [-0.3, -0.25) is 0 Å². The molecule has 0 saturated heterocycles. The van der Waals surface area contributed by atoms with Crippen molar-refractivity contribution in [3.8, 4) is 0 Å². The Balaban J connectivity index is 0.00000432. The van der Waals surface area contributed by atoms with E-state index in [0.717, 1.165) is 30.4 Å². The van der Waals surface area contributed by atoms with Crippen molar-refractivity contribution in [2.45, 2.75) is 60.7 Å². The first-order chi connectivity index (χ1) is 16.0. The van der Waals surface area contributed by atoms with E-state index < -0.39 is 20.2 Å². The zero-order valence-corrected chi connectivity index (χ0v) is 22.9. The van der Waals surface area contributed by atoms with E-state index in [9.17, 15) is 25.9 Å². The summed E-state index contributed by atoms with van der Waals surface area (Å²) in [6.07, 6.45) is 2.47. The van der Waals surface area contributed by atoms with Gasteiger partial charge in [-0.25, -0.2) is 16.8 Å². The zero-order valence-electron chi connectivity index (χ0n) is 19.8. The molecule has 0 heterocycles. The van der Waals surface area contributed by atoms with Gasteiger partial charge in [-0.15, -0.1) is 0 Å². The van der Waals surface area contributed by atoms with Crippen molar-refractivity contribution < 1.29 is 25.9 Å². The van der Waals surface area contributed by atoms with Gasteiger partial charge in [0.25, 0.3) is 0 Å². The molecule has 6 nitrogen and oxygen atoms in total. The van der Waals surface area contributed by atoms with Crippen molar-refractivity contribution >= 4 is 43.3 Å². The molecule has 0 spiro atoms. The summed E-state index contributed by atoms with van der Waals surface area (Å²) in [6, 6.07) is 22.3. The van der Waals surface area contributed by atoms with Gasteiger partial charge < -0.3 is 9.11 Å². The Labute approximate surface area is 224 Å². The molecule has 0 aliphatic heterocycles. The molecule has 9 heteroatoms. The normalized spacial score (nSPS) is 14.5. The third-order valence-electron chi connectivity index (χ3n) is 6.35. The Morgan fingerprint density at radius 1 is 0.629 bits per heavy atom. The molecule has 0 radical (unpaired) electrons. The average molecular weight is 525 g/mol. The Hall–Kier alpha value is -1.75. The smallest absolute Gasteiger partial charge is 0.744 e. The Morgan fingerprint density at radius 2 is 1.06 bits per heavy atom. The van der Waals surface area contributed by atoms with Crippen LogP contribution in [0.4, 0.5) is 0 Å². The summed E-state index contributed by atoms with van der Waals surface area (Å²) in [4.78, 5) is -0.517. The molecule has 3 aromatic rings. The van der Waals surface area contributed by atoms with Gasteiger partial charge in [0, 0.05) is 0 Å². The Kier molecular flexibility index (Phi) is 10.5. The van der Waals surface area contributed by atoms with Gasteiger partial charge in [-0.1, -0.05) is 68.4 Å². The van der Waals surface area contributed by atoms with E-state index in [-0.39, 0.29) is 50.6 Å². The average Bonchev–Trinajstić information content (AvgIpc) is 2.81. The number of hydrogen-bond donors (Lipinski definition) is 0. The molecule has 182 valence electrons. The van der Waals surface area contributed by atoms with Crippen LogP contribution in [-0.4, -0.2) is 49.0 Å². The van der Waals surface area contributed by atoms with E-state index in [4.69, 9.17) is 0 Å². The van der Waals surface area contributed by atoms with Crippen LogP contribution in [-0.2, 0) is 20.2 Å². The van der Waals surface area contributed by atoms with Crippen molar-refractivity contribution in [3.05, 3.63) is 95.6 Å². The Morgan fingerprint density at radius 3 is 1.49 bits per heavy atom. The molecule has 0 aromatic heterocycles. The van der Waals surface area contributed by atoms with Crippen molar-refractivity contribution in [1.82, 2.24) is 0 Å². The summed E-state index contributed by atoms with van der Waals surface area (Å²) in [6.45, 7) is 4.17. The second-order valence-electron chi connectivity index (χ2n) is 8.63. The van der Waals surface area contributed by atoms with E-state index in [1.165, 1.54) is 29.8 Å². The van der Waals surface area contributed by atoms with Crippen LogP contribution >= 0.6 is 0 Å². The fourth-order valence-corrected chi connectivity index (χ4v) is 5.35. The van der Waals surface area contributed by atoms with E-state index in [1.807, 2.05) is 25.1 Å². The molecule has 0 aliphatic carbocycles. The maximum Gasteiger partial charge on any atom is 2.00 e. The predicted molar refractivity (Wildman–Crippen MR) is 134 cm³/mol. The van der Waals surface area contributed by atoms with Crippen LogP contribution in [0.1, 0.15) is 67.6 Å².